The highest BCUT2D eigenvalue weighted by atomic mass is 16.6. The minimum absolute atomic E-state index is 0.0399. The van der Waals surface area contributed by atoms with Crippen LogP contribution in [0.25, 0.3) is 0 Å². The molecule has 39 heavy (non-hydrogen) atoms. The van der Waals surface area contributed by atoms with Gasteiger partial charge in [-0.2, -0.15) is 0 Å². The van der Waals surface area contributed by atoms with Gasteiger partial charge in [0.1, 0.15) is 6.61 Å². The van der Waals surface area contributed by atoms with Crippen molar-refractivity contribution in [1.82, 2.24) is 16.0 Å². The summed E-state index contributed by atoms with van der Waals surface area (Å²) in [5.41, 5.74) is 0.0943. The summed E-state index contributed by atoms with van der Waals surface area (Å²) in [7, 11) is 2.64. The van der Waals surface area contributed by atoms with Crippen molar-refractivity contribution in [2.24, 2.45) is 0 Å². The van der Waals surface area contributed by atoms with E-state index in [-0.39, 0.29) is 75.5 Å². The summed E-state index contributed by atoms with van der Waals surface area (Å²) in [6.07, 6.45) is -0.132. The Morgan fingerprint density at radius 3 is 2.36 bits per heavy atom. The third kappa shape index (κ3) is 14.7. The third-order valence-corrected chi connectivity index (χ3v) is 4.93. The van der Waals surface area contributed by atoms with Crippen LogP contribution in [0.4, 0.5) is 10.5 Å². The van der Waals surface area contributed by atoms with E-state index in [1.807, 2.05) is 6.92 Å². The molecule has 3 N–H and O–H groups in total. The van der Waals surface area contributed by atoms with E-state index in [9.17, 15) is 24.5 Å². The lowest BCUT2D eigenvalue weighted by Gasteiger charge is -2.13. The maximum atomic E-state index is 12.0. The van der Waals surface area contributed by atoms with Crippen LogP contribution in [-0.4, -0.2) is 96.4 Å². The molecule has 0 fully saturated rings. The zero-order valence-electron chi connectivity index (χ0n) is 22.6. The maximum Gasteiger partial charge on any atom is 0.407 e. The normalized spacial score (nSPS) is 10.4. The molecule has 0 aliphatic carbocycles. The number of ether oxygens (including phenoxy) is 6. The molecule has 1 aromatic rings. The van der Waals surface area contributed by atoms with E-state index in [4.69, 9.17) is 23.7 Å². The molecule has 0 radical (unpaired) electrons. The molecule has 0 spiro atoms. The van der Waals surface area contributed by atoms with Crippen LogP contribution in [0.3, 0.4) is 0 Å². The second-order valence-corrected chi connectivity index (χ2v) is 7.74. The number of carbonyl (C=O) groups is 3. The van der Waals surface area contributed by atoms with Crippen molar-refractivity contribution >= 4 is 23.7 Å². The van der Waals surface area contributed by atoms with Crippen molar-refractivity contribution in [3.63, 3.8) is 0 Å². The Hall–Kier alpha value is -3.69. The van der Waals surface area contributed by atoms with Crippen LogP contribution in [0.1, 0.15) is 25.3 Å². The van der Waals surface area contributed by atoms with E-state index in [2.05, 4.69) is 20.7 Å². The number of hydrogen-bond acceptors (Lipinski definition) is 12. The third-order valence-electron chi connectivity index (χ3n) is 4.93. The van der Waals surface area contributed by atoms with Crippen LogP contribution in [-0.2, 0) is 35.1 Å². The highest BCUT2D eigenvalue weighted by Gasteiger charge is 2.20. The van der Waals surface area contributed by atoms with Gasteiger partial charge in [0.15, 0.2) is 11.5 Å². The van der Waals surface area contributed by atoms with E-state index < -0.39 is 17.0 Å². The quantitative estimate of drug-likeness (QED) is 0.0840. The minimum Gasteiger partial charge on any atom is -0.493 e. The van der Waals surface area contributed by atoms with Crippen molar-refractivity contribution in [1.29, 1.82) is 0 Å². The lowest BCUT2D eigenvalue weighted by molar-refractivity contribution is -0.385. The van der Waals surface area contributed by atoms with E-state index >= 15 is 0 Å². The second-order valence-electron chi connectivity index (χ2n) is 7.74. The average molecular weight is 559 g/mol. The fourth-order valence-corrected chi connectivity index (χ4v) is 3.02. The van der Waals surface area contributed by atoms with Crippen LogP contribution >= 0.6 is 0 Å². The molecule has 0 saturated heterocycles. The molecule has 220 valence electrons. The molecule has 0 saturated carbocycles. The van der Waals surface area contributed by atoms with Gasteiger partial charge in [-0.3, -0.25) is 19.7 Å². The van der Waals surface area contributed by atoms with Gasteiger partial charge >= 0.3 is 12.1 Å². The smallest absolute Gasteiger partial charge is 0.407 e. The van der Waals surface area contributed by atoms with Gasteiger partial charge < -0.3 is 44.4 Å². The fraction of sp³-hybridized carbons (Fsp3) is 0.625. The molecular weight excluding hydrogens is 520 g/mol. The van der Waals surface area contributed by atoms with Crippen molar-refractivity contribution in [2.45, 2.75) is 26.3 Å². The summed E-state index contributed by atoms with van der Waals surface area (Å²) in [5, 5.41) is 19.5. The Balaban J connectivity index is 2.32. The van der Waals surface area contributed by atoms with Crippen molar-refractivity contribution in [3.05, 3.63) is 27.8 Å². The highest BCUT2D eigenvalue weighted by Crippen LogP contribution is 2.34. The predicted molar refractivity (Wildman–Crippen MR) is 138 cm³/mol. The van der Waals surface area contributed by atoms with E-state index in [1.54, 1.807) is 0 Å². The van der Waals surface area contributed by atoms with Gasteiger partial charge in [-0.1, -0.05) is 0 Å². The number of carbonyl (C=O) groups excluding carboxylic acids is 3. The van der Waals surface area contributed by atoms with Crippen LogP contribution in [0.5, 0.6) is 11.5 Å². The molecule has 1 aromatic carbocycles. The first-order chi connectivity index (χ1) is 18.8. The predicted octanol–water partition coefficient (Wildman–Crippen LogP) is 0.921. The number of hydrogen-bond donors (Lipinski definition) is 3. The zero-order chi connectivity index (χ0) is 28.9. The first-order valence-corrected chi connectivity index (χ1v) is 12.4. The summed E-state index contributed by atoms with van der Waals surface area (Å²) in [4.78, 5) is 45.8. The average Bonchev–Trinajstić information content (AvgIpc) is 2.92. The van der Waals surface area contributed by atoms with Gasteiger partial charge in [0, 0.05) is 38.2 Å². The molecule has 0 atom stereocenters. The van der Waals surface area contributed by atoms with E-state index in [1.165, 1.54) is 26.4 Å². The van der Waals surface area contributed by atoms with Gasteiger partial charge in [0.05, 0.1) is 58.2 Å². The number of methoxy groups -OCH3 is 2. The van der Waals surface area contributed by atoms with Gasteiger partial charge in [-0.25, -0.2) is 4.79 Å². The molecule has 1 rings (SSSR count). The number of nitrogens with zero attached hydrogens (tertiary/aromatic N) is 1. The lowest BCUT2D eigenvalue weighted by Crippen LogP contribution is -2.35. The van der Waals surface area contributed by atoms with Crippen LogP contribution in [0, 0.1) is 10.1 Å². The second kappa shape index (κ2) is 20.3. The maximum absolute atomic E-state index is 12.0. The first kappa shape index (κ1) is 33.3. The number of esters is 1. The number of alkyl carbamates (subject to hydrolysis) is 1. The minimum atomic E-state index is -0.612. The van der Waals surface area contributed by atoms with Crippen molar-refractivity contribution in [2.75, 3.05) is 73.5 Å². The van der Waals surface area contributed by atoms with Gasteiger partial charge in [-0.15, -0.1) is 0 Å². The van der Waals surface area contributed by atoms with Gasteiger partial charge in [0.25, 0.3) is 5.69 Å². The summed E-state index contributed by atoms with van der Waals surface area (Å²) < 4.78 is 30.7. The fourth-order valence-electron chi connectivity index (χ4n) is 3.02. The van der Waals surface area contributed by atoms with Gasteiger partial charge in [0.2, 0.25) is 5.91 Å². The van der Waals surface area contributed by atoms with Crippen LogP contribution < -0.4 is 25.4 Å². The Morgan fingerprint density at radius 2 is 1.67 bits per heavy atom. The molecule has 0 aliphatic heterocycles. The number of amides is 2. The van der Waals surface area contributed by atoms with Crippen molar-refractivity contribution < 1.29 is 47.7 Å². The number of nitrogens with one attached hydrogen (secondary N) is 3. The highest BCUT2D eigenvalue weighted by molar-refractivity contribution is 5.76. The number of rotatable bonds is 21. The zero-order valence-corrected chi connectivity index (χ0v) is 22.6. The SMILES string of the molecule is CCOCCOCCOC(=O)NCCNC(=O)CCCOc1cc([N+](=O)[O-])c(CNCC(=O)OC)cc1OC. The van der Waals surface area contributed by atoms with E-state index in [0.29, 0.717) is 31.8 Å². The molecule has 0 aliphatic rings. The van der Waals surface area contributed by atoms with Crippen LogP contribution in [0.2, 0.25) is 0 Å². The molecule has 0 heterocycles. The number of nitro benzene ring substituents is 1. The number of benzene rings is 1. The Bertz CT molecular complexity index is 914. The monoisotopic (exact) mass is 558 g/mol. The largest absolute Gasteiger partial charge is 0.493 e. The molecule has 15 nitrogen and oxygen atoms in total. The standard InChI is InChI=1S/C24H38N4O11/c1-4-36-10-11-37-12-13-39-24(31)27-8-7-26-22(29)6-5-9-38-21-15-19(28(32)33)18(14-20(21)34-2)16-25-17-23(30)35-3/h14-15,25H,4-13,16-17H2,1-3H3,(H,26,29)(H,27,31). The molecule has 0 bridgehead atoms. The first-order valence-electron chi connectivity index (χ1n) is 12.4. The topological polar surface area (TPSA) is 186 Å². The summed E-state index contributed by atoms with van der Waals surface area (Å²) >= 11 is 0. The Kier molecular flexibility index (Phi) is 17.3. The Labute approximate surface area is 226 Å². The molecular formula is C24H38N4O11. The van der Waals surface area contributed by atoms with Crippen LogP contribution in [0.15, 0.2) is 12.1 Å². The molecule has 2 amide bonds. The van der Waals surface area contributed by atoms with E-state index in [0.717, 1.165) is 0 Å². The lowest BCUT2D eigenvalue weighted by atomic mass is 10.1. The summed E-state index contributed by atoms with van der Waals surface area (Å²) in [6.45, 7) is 4.22. The summed E-state index contributed by atoms with van der Waals surface area (Å²) in [6, 6.07) is 2.70. The van der Waals surface area contributed by atoms with Gasteiger partial charge in [-0.05, 0) is 19.4 Å². The number of nitro groups is 1. The molecule has 15 heteroatoms. The summed E-state index contributed by atoms with van der Waals surface area (Å²) in [5.74, 6) is -0.321. The Morgan fingerprint density at radius 1 is 0.949 bits per heavy atom. The molecule has 0 aromatic heterocycles. The molecule has 0 unspecified atom stereocenters. The van der Waals surface area contributed by atoms with Crippen molar-refractivity contribution in [3.8, 4) is 11.5 Å².